The van der Waals surface area contributed by atoms with Crippen molar-refractivity contribution in [1.29, 1.82) is 0 Å². The number of carbonyl (C=O) groups excluding carboxylic acids is 4. The third-order valence-corrected chi connectivity index (χ3v) is 5.38. The molecule has 0 bridgehead atoms. The topological polar surface area (TPSA) is 124 Å². The number of imide groups is 1. The van der Waals surface area contributed by atoms with Crippen LogP contribution < -0.4 is 16.1 Å². The molecule has 2 aromatic rings. The summed E-state index contributed by atoms with van der Waals surface area (Å²) in [5, 5.41) is 5.90. The molecule has 170 valence electrons. The van der Waals surface area contributed by atoms with Crippen molar-refractivity contribution in [3.8, 4) is 0 Å². The molecule has 0 spiro atoms. The van der Waals surface area contributed by atoms with Crippen LogP contribution in [0.4, 0.5) is 4.79 Å². The summed E-state index contributed by atoms with van der Waals surface area (Å²) in [4.78, 5) is 50.9. The number of hydrogen-bond donors (Lipinski definition) is 3. The predicted molar refractivity (Wildman–Crippen MR) is 115 cm³/mol. The third-order valence-electron chi connectivity index (χ3n) is 5.38. The summed E-state index contributed by atoms with van der Waals surface area (Å²) >= 11 is 0. The van der Waals surface area contributed by atoms with Gasteiger partial charge >= 0.3 is 6.03 Å². The molecule has 1 aromatic carbocycles. The van der Waals surface area contributed by atoms with Crippen LogP contribution in [0.15, 0.2) is 47.1 Å². The number of amides is 5. The Labute approximate surface area is 185 Å². The SMILES string of the molecule is CC[C@]1(C)NC(=O)N(NC(=O)CN(Cc2ccc(C(=O)NC)cc2)Cc2ccco2)C1=O. The maximum Gasteiger partial charge on any atom is 0.344 e. The number of hydrogen-bond acceptors (Lipinski definition) is 6. The van der Waals surface area contributed by atoms with Crippen molar-refractivity contribution < 1.29 is 23.6 Å². The molecule has 3 N–H and O–H groups in total. The lowest BCUT2D eigenvalue weighted by atomic mass is 10.00. The Balaban J connectivity index is 1.69. The minimum atomic E-state index is -1.04. The van der Waals surface area contributed by atoms with Crippen LogP contribution in [-0.4, -0.2) is 52.8 Å². The lowest BCUT2D eigenvalue weighted by Crippen LogP contribution is -2.51. The fraction of sp³-hybridized carbons (Fsp3) is 0.364. The maximum absolute atomic E-state index is 12.7. The van der Waals surface area contributed by atoms with E-state index in [1.807, 2.05) is 12.1 Å². The lowest BCUT2D eigenvalue weighted by molar-refractivity contribution is -0.139. The Kier molecular flexibility index (Phi) is 6.94. The van der Waals surface area contributed by atoms with Crippen LogP contribution in [-0.2, 0) is 22.7 Å². The number of nitrogens with zero attached hydrogens (tertiary/aromatic N) is 2. The molecule has 10 heteroatoms. The molecule has 10 nitrogen and oxygen atoms in total. The number of furan rings is 1. The number of hydrazine groups is 1. The molecular weight excluding hydrogens is 414 g/mol. The van der Waals surface area contributed by atoms with E-state index in [0.29, 0.717) is 30.8 Å². The van der Waals surface area contributed by atoms with Crippen LogP contribution in [0, 0.1) is 0 Å². The fourth-order valence-electron chi connectivity index (χ4n) is 3.34. The van der Waals surface area contributed by atoms with Crippen molar-refractivity contribution >= 4 is 23.8 Å². The number of carbonyl (C=O) groups is 4. The molecule has 0 aliphatic carbocycles. The molecule has 3 rings (SSSR count). The van der Waals surface area contributed by atoms with E-state index in [2.05, 4.69) is 16.1 Å². The van der Waals surface area contributed by atoms with Gasteiger partial charge in [-0.2, -0.15) is 5.01 Å². The Hall–Kier alpha value is -3.66. The molecule has 1 aliphatic rings. The average Bonchev–Trinajstić information content (AvgIpc) is 3.36. The van der Waals surface area contributed by atoms with E-state index >= 15 is 0 Å². The standard InChI is InChI=1S/C22H27N5O5/c1-4-22(2)20(30)27(21(31)24-22)25-18(28)14-26(13-17-6-5-11-32-17)12-15-7-9-16(10-8-15)19(29)23-3/h5-11H,4,12-14H2,1-3H3,(H,23,29)(H,24,31)(H,25,28)/t22-/m0/s1. The van der Waals surface area contributed by atoms with Crippen LogP contribution in [0.5, 0.6) is 0 Å². The van der Waals surface area contributed by atoms with Gasteiger partial charge in [-0.3, -0.25) is 24.7 Å². The average molecular weight is 441 g/mol. The van der Waals surface area contributed by atoms with E-state index in [4.69, 9.17) is 4.42 Å². The number of nitrogens with one attached hydrogen (secondary N) is 3. The van der Waals surface area contributed by atoms with Crippen LogP contribution in [0.2, 0.25) is 0 Å². The molecule has 1 fully saturated rings. The highest BCUT2D eigenvalue weighted by molar-refractivity contribution is 6.07. The van der Waals surface area contributed by atoms with E-state index in [0.717, 1.165) is 10.6 Å². The Bertz CT molecular complexity index is 989. The first kappa shape index (κ1) is 23.0. The summed E-state index contributed by atoms with van der Waals surface area (Å²) in [6.45, 7) is 4.03. The maximum atomic E-state index is 12.7. The molecule has 32 heavy (non-hydrogen) atoms. The van der Waals surface area contributed by atoms with Gasteiger partial charge in [0.2, 0.25) is 0 Å². The second-order valence-corrected chi connectivity index (χ2v) is 7.79. The van der Waals surface area contributed by atoms with Gasteiger partial charge in [-0.15, -0.1) is 0 Å². The summed E-state index contributed by atoms with van der Waals surface area (Å²) in [6.07, 6.45) is 1.95. The highest BCUT2D eigenvalue weighted by Gasteiger charge is 2.47. The Morgan fingerprint density at radius 3 is 2.44 bits per heavy atom. The first-order valence-corrected chi connectivity index (χ1v) is 10.3. The Morgan fingerprint density at radius 2 is 1.88 bits per heavy atom. The second-order valence-electron chi connectivity index (χ2n) is 7.79. The molecule has 1 saturated heterocycles. The molecule has 0 saturated carbocycles. The van der Waals surface area contributed by atoms with Gasteiger partial charge in [-0.05, 0) is 43.2 Å². The summed E-state index contributed by atoms with van der Waals surface area (Å²) < 4.78 is 5.40. The van der Waals surface area contributed by atoms with Crippen molar-refractivity contribution in [1.82, 2.24) is 26.0 Å². The zero-order chi connectivity index (χ0) is 23.3. The van der Waals surface area contributed by atoms with E-state index < -0.39 is 23.4 Å². The zero-order valence-corrected chi connectivity index (χ0v) is 18.3. The minimum Gasteiger partial charge on any atom is -0.468 e. The highest BCUT2D eigenvalue weighted by Crippen LogP contribution is 2.19. The van der Waals surface area contributed by atoms with E-state index in [-0.39, 0.29) is 12.5 Å². The summed E-state index contributed by atoms with van der Waals surface area (Å²) in [6, 6.07) is 9.92. The molecule has 5 amide bonds. The lowest BCUT2D eigenvalue weighted by Gasteiger charge is -2.23. The summed E-state index contributed by atoms with van der Waals surface area (Å²) in [7, 11) is 1.56. The quantitative estimate of drug-likeness (QED) is 0.505. The minimum absolute atomic E-state index is 0.0855. The van der Waals surface area contributed by atoms with E-state index in [1.54, 1.807) is 56.3 Å². The zero-order valence-electron chi connectivity index (χ0n) is 18.3. The van der Waals surface area contributed by atoms with Crippen LogP contribution in [0.3, 0.4) is 0 Å². The fourth-order valence-corrected chi connectivity index (χ4v) is 3.34. The predicted octanol–water partition coefficient (Wildman–Crippen LogP) is 1.39. The van der Waals surface area contributed by atoms with E-state index in [1.165, 1.54) is 0 Å². The van der Waals surface area contributed by atoms with Crippen LogP contribution in [0.1, 0.15) is 41.9 Å². The van der Waals surface area contributed by atoms with Crippen molar-refractivity contribution in [2.75, 3.05) is 13.6 Å². The van der Waals surface area contributed by atoms with Crippen molar-refractivity contribution in [2.24, 2.45) is 0 Å². The normalized spacial score (nSPS) is 18.1. The first-order valence-electron chi connectivity index (χ1n) is 10.3. The summed E-state index contributed by atoms with van der Waals surface area (Å²) in [5.74, 6) is -0.535. The van der Waals surface area contributed by atoms with Gasteiger partial charge in [-0.25, -0.2) is 4.79 Å². The van der Waals surface area contributed by atoms with Gasteiger partial charge in [-0.1, -0.05) is 19.1 Å². The van der Waals surface area contributed by atoms with Gasteiger partial charge < -0.3 is 15.1 Å². The third kappa shape index (κ3) is 5.14. The van der Waals surface area contributed by atoms with Gasteiger partial charge in [0.05, 0.1) is 19.4 Å². The second kappa shape index (κ2) is 9.65. The first-order chi connectivity index (χ1) is 15.3. The highest BCUT2D eigenvalue weighted by atomic mass is 16.3. The molecule has 0 unspecified atom stereocenters. The monoisotopic (exact) mass is 441 g/mol. The van der Waals surface area contributed by atoms with Crippen molar-refractivity contribution in [3.05, 3.63) is 59.5 Å². The number of rotatable bonds is 9. The Morgan fingerprint density at radius 1 is 1.16 bits per heavy atom. The van der Waals surface area contributed by atoms with Crippen molar-refractivity contribution in [3.63, 3.8) is 0 Å². The van der Waals surface area contributed by atoms with E-state index in [9.17, 15) is 19.2 Å². The molecular formula is C22H27N5O5. The number of benzene rings is 1. The number of urea groups is 1. The van der Waals surface area contributed by atoms with Gasteiger partial charge in [0, 0.05) is 19.2 Å². The molecule has 2 heterocycles. The molecule has 0 radical (unpaired) electrons. The molecule has 1 atom stereocenters. The van der Waals surface area contributed by atoms with Gasteiger partial charge in [0.25, 0.3) is 17.7 Å². The van der Waals surface area contributed by atoms with Gasteiger partial charge in [0.1, 0.15) is 11.3 Å². The summed E-state index contributed by atoms with van der Waals surface area (Å²) in [5.41, 5.74) is 2.78. The largest absolute Gasteiger partial charge is 0.468 e. The molecule has 1 aromatic heterocycles. The van der Waals surface area contributed by atoms with Gasteiger partial charge in [0.15, 0.2) is 0 Å². The van der Waals surface area contributed by atoms with Crippen LogP contribution >= 0.6 is 0 Å². The molecule has 1 aliphatic heterocycles. The van der Waals surface area contributed by atoms with Crippen molar-refractivity contribution in [2.45, 2.75) is 38.9 Å². The van der Waals surface area contributed by atoms with Crippen LogP contribution in [0.25, 0.3) is 0 Å². The smallest absolute Gasteiger partial charge is 0.344 e.